The number of hydrogen-bond acceptors (Lipinski definition) is 3. The Morgan fingerprint density at radius 2 is 1.78 bits per heavy atom. The molecule has 18 heavy (non-hydrogen) atoms. The van der Waals surface area contributed by atoms with Gasteiger partial charge in [-0.15, -0.1) is 0 Å². The molecule has 0 spiro atoms. The molecular formula is C15H30N2O. The van der Waals surface area contributed by atoms with Crippen molar-refractivity contribution in [3.8, 4) is 0 Å². The van der Waals surface area contributed by atoms with Gasteiger partial charge in [-0.05, 0) is 32.4 Å². The summed E-state index contributed by atoms with van der Waals surface area (Å²) in [5.74, 6) is 0. The second-order valence-corrected chi connectivity index (χ2v) is 5.93. The first kappa shape index (κ1) is 14.3. The van der Waals surface area contributed by atoms with Crippen molar-refractivity contribution >= 4 is 0 Å². The van der Waals surface area contributed by atoms with E-state index >= 15 is 0 Å². The second kappa shape index (κ2) is 6.88. The zero-order valence-electron chi connectivity index (χ0n) is 12.1. The van der Waals surface area contributed by atoms with Gasteiger partial charge in [0.2, 0.25) is 0 Å². The van der Waals surface area contributed by atoms with Crippen LogP contribution in [0.3, 0.4) is 0 Å². The van der Waals surface area contributed by atoms with Crippen molar-refractivity contribution in [1.29, 1.82) is 0 Å². The van der Waals surface area contributed by atoms with Gasteiger partial charge in [0.1, 0.15) is 0 Å². The minimum absolute atomic E-state index is 0.0806. The number of likely N-dealkylation sites (N-methyl/N-ethyl adjacent to an activating group) is 1. The summed E-state index contributed by atoms with van der Waals surface area (Å²) >= 11 is 0. The largest absolute Gasteiger partial charge is 0.391 e. The fraction of sp³-hybridized carbons (Fsp3) is 1.00. The van der Waals surface area contributed by atoms with Gasteiger partial charge < -0.3 is 5.11 Å². The van der Waals surface area contributed by atoms with Crippen LogP contribution in [0.5, 0.6) is 0 Å². The molecule has 2 aliphatic rings. The highest BCUT2D eigenvalue weighted by Crippen LogP contribution is 2.26. The molecule has 2 rings (SSSR count). The predicted molar refractivity (Wildman–Crippen MR) is 75.8 cm³/mol. The Labute approximate surface area is 112 Å². The van der Waals surface area contributed by atoms with Gasteiger partial charge in [0, 0.05) is 25.2 Å². The van der Waals surface area contributed by atoms with E-state index in [9.17, 15) is 5.11 Å². The Morgan fingerprint density at radius 3 is 2.50 bits per heavy atom. The smallest absolute Gasteiger partial charge is 0.0695 e. The predicted octanol–water partition coefficient (Wildman–Crippen LogP) is 2.10. The summed E-state index contributed by atoms with van der Waals surface area (Å²) in [5, 5.41) is 10.3. The molecule has 0 aromatic heterocycles. The molecule has 1 saturated heterocycles. The maximum Gasteiger partial charge on any atom is 0.0695 e. The van der Waals surface area contributed by atoms with Crippen molar-refractivity contribution in [3.63, 3.8) is 0 Å². The van der Waals surface area contributed by atoms with Crippen LogP contribution in [0.1, 0.15) is 52.4 Å². The van der Waals surface area contributed by atoms with E-state index in [4.69, 9.17) is 0 Å². The molecule has 3 nitrogen and oxygen atoms in total. The highest BCUT2D eigenvalue weighted by atomic mass is 16.3. The first-order chi connectivity index (χ1) is 8.76. The van der Waals surface area contributed by atoms with Crippen LogP contribution in [-0.4, -0.2) is 59.3 Å². The van der Waals surface area contributed by atoms with Crippen molar-refractivity contribution in [1.82, 2.24) is 9.80 Å². The standard InChI is InChI=1S/C15H30N2O/c1-3-16(4-2)13-10-11-17(12-13)14-8-6-5-7-9-15(14)18/h13-15,18H,3-12H2,1-2H3. The van der Waals surface area contributed by atoms with Gasteiger partial charge in [0.25, 0.3) is 0 Å². The lowest BCUT2D eigenvalue weighted by molar-refractivity contribution is 0.0524. The van der Waals surface area contributed by atoms with Gasteiger partial charge in [-0.25, -0.2) is 0 Å². The zero-order valence-corrected chi connectivity index (χ0v) is 12.1. The van der Waals surface area contributed by atoms with Crippen LogP contribution in [0, 0.1) is 0 Å². The molecule has 106 valence electrons. The van der Waals surface area contributed by atoms with Crippen molar-refractivity contribution < 1.29 is 5.11 Å². The van der Waals surface area contributed by atoms with Gasteiger partial charge in [0.15, 0.2) is 0 Å². The number of rotatable bonds is 4. The van der Waals surface area contributed by atoms with Crippen LogP contribution in [0.4, 0.5) is 0 Å². The molecule has 3 heteroatoms. The second-order valence-electron chi connectivity index (χ2n) is 5.93. The lowest BCUT2D eigenvalue weighted by Gasteiger charge is -2.32. The van der Waals surface area contributed by atoms with Crippen molar-refractivity contribution in [2.75, 3.05) is 26.2 Å². The van der Waals surface area contributed by atoms with E-state index < -0.39 is 0 Å². The normalized spacial score (nSPS) is 35.0. The van der Waals surface area contributed by atoms with E-state index in [2.05, 4.69) is 23.6 Å². The zero-order chi connectivity index (χ0) is 13.0. The Hall–Kier alpha value is -0.120. The monoisotopic (exact) mass is 254 g/mol. The summed E-state index contributed by atoms with van der Waals surface area (Å²) in [6.45, 7) is 9.18. The topological polar surface area (TPSA) is 26.7 Å². The summed E-state index contributed by atoms with van der Waals surface area (Å²) < 4.78 is 0. The van der Waals surface area contributed by atoms with Crippen LogP contribution in [0.25, 0.3) is 0 Å². The molecule has 0 amide bonds. The van der Waals surface area contributed by atoms with Crippen molar-refractivity contribution in [3.05, 3.63) is 0 Å². The Morgan fingerprint density at radius 1 is 1.06 bits per heavy atom. The van der Waals surface area contributed by atoms with E-state index in [0.717, 1.165) is 25.6 Å². The third-order valence-electron chi connectivity index (χ3n) is 4.94. The molecular weight excluding hydrogens is 224 g/mol. The van der Waals surface area contributed by atoms with E-state index in [-0.39, 0.29) is 6.10 Å². The lowest BCUT2D eigenvalue weighted by atomic mass is 10.0. The number of aliphatic hydroxyl groups excluding tert-OH is 1. The molecule has 0 bridgehead atoms. The molecule has 0 radical (unpaired) electrons. The van der Waals surface area contributed by atoms with Crippen molar-refractivity contribution in [2.45, 2.75) is 70.6 Å². The van der Waals surface area contributed by atoms with Crippen molar-refractivity contribution in [2.24, 2.45) is 0 Å². The van der Waals surface area contributed by atoms with E-state index in [1.165, 1.54) is 45.2 Å². The van der Waals surface area contributed by atoms with Crippen LogP contribution >= 0.6 is 0 Å². The first-order valence-corrected chi connectivity index (χ1v) is 7.92. The molecule has 0 aromatic rings. The number of nitrogens with zero attached hydrogens (tertiary/aromatic N) is 2. The Bertz CT molecular complexity index is 243. The average molecular weight is 254 g/mol. The minimum Gasteiger partial charge on any atom is -0.391 e. The fourth-order valence-corrected chi connectivity index (χ4v) is 3.80. The Kier molecular flexibility index (Phi) is 5.46. The number of hydrogen-bond donors (Lipinski definition) is 1. The van der Waals surface area contributed by atoms with Crippen LogP contribution in [0.15, 0.2) is 0 Å². The van der Waals surface area contributed by atoms with Crippen LogP contribution in [0.2, 0.25) is 0 Å². The first-order valence-electron chi connectivity index (χ1n) is 7.92. The summed E-state index contributed by atoms with van der Waals surface area (Å²) in [7, 11) is 0. The highest BCUT2D eigenvalue weighted by molar-refractivity contribution is 4.90. The third-order valence-corrected chi connectivity index (χ3v) is 4.94. The van der Waals surface area contributed by atoms with E-state index in [1.54, 1.807) is 0 Å². The van der Waals surface area contributed by atoms with Gasteiger partial charge >= 0.3 is 0 Å². The molecule has 1 aliphatic carbocycles. The number of likely N-dealkylation sites (tertiary alicyclic amines) is 1. The van der Waals surface area contributed by atoms with Crippen LogP contribution in [-0.2, 0) is 0 Å². The van der Waals surface area contributed by atoms with E-state index in [0.29, 0.717) is 6.04 Å². The summed E-state index contributed by atoms with van der Waals surface area (Å²) in [6, 6.07) is 1.16. The third kappa shape index (κ3) is 3.25. The maximum atomic E-state index is 10.3. The molecule has 3 unspecified atom stereocenters. The molecule has 1 aliphatic heterocycles. The van der Waals surface area contributed by atoms with E-state index in [1.807, 2.05) is 0 Å². The minimum atomic E-state index is -0.0806. The average Bonchev–Trinajstić information content (AvgIpc) is 2.74. The van der Waals surface area contributed by atoms with Crippen LogP contribution < -0.4 is 0 Å². The van der Waals surface area contributed by atoms with Gasteiger partial charge in [-0.2, -0.15) is 0 Å². The molecule has 1 heterocycles. The SMILES string of the molecule is CCN(CC)C1CCN(C2CCCCCC2O)C1. The molecule has 1 saturated carbocycles. The molecule has 2 fully saturated rings. The maximum absolute atomic E-state index is 10.3. The molecule has 0 aromatic carbocycles. The summed E-state index contributed by atoms with van der Waals surface area (Å²) in [6.07, 6.45) is 7.23. The van der Waals surface area contributed by atoms with Gasteiger partial charge in [0.05, 0.1) is 6.10 Å². The summed E-state index contributed by atoms with van der Waals surface area (Å²) in [5.41, 5.74) is 0. The highest BCUT2D eigenvalue weighted by Gasteiger charge is 2.34. The van der Waals surface area contributed by atoms with Gasteiger partial charge in [-0.1, -0.05) is 33.1 Å². The quantitative estimate of drug-likeness (QED) is 0.778. The van der Waals surface area contributed by atoms with Gasteiger partial charge in [-0.3, -0.25) is 9.80 Å². The fourth-order valence-electron chi connectivity index (χ4n) is 3.80. The summed E-state index contributed by atoms with van der Waals surface area (Å²) in [4.78, 5) is 5.14. The molecule has 1 N–H and O–H groups in total. The number of aliphatic hydroxyl groups is 1. The lowest BCUT2D eigenvalue weighted by Crippen LogP contribution is -2.44. The Balaban J connectivity index is 1.90. The molecule has 3 atom stereocenters.